The first-order valence-corrected chi connectivity index (χ1v) is 8.83. The van der Waals surface area contributed by atoms with Crippen molar-refractivity contribution in [3.05, 3.63) is 35.5 Å². The van der Waals surface area contributed by atoms with Crippen LogP contribution in [0.3, 0.4) is 0 Å². The number of aromatic amines is 1. The number of nitrogens with one attached hydrogen (secondary N) is 2. The Balaban J connectivity index is 2.44. The van der Waals surface area contributed by atoms with E-state index >= 15 is 0 Å². The molecule has 25 heavy (non-hydrogen) atoms. The summed E-state index contributed by atoms with van der Waals surface area (Å²) < 4.78 is 5.59. The highest BCUT2D eigenvalue weighted by atomic mass is 32.2. The lowest BCUT2D eigenvalue weighted by Crippen LogP contribution is -2.08. The average Bonchev–Trinajstić information content (AvgIpc) is 2.85. The predicted octanol–water partition coefficient (Wildman–Crippen LogP) is 5.34. The van der Waals surface area contributed by atoms with Crippen LogP contribution in [0.5, 0.6) is 5.75 Å². The Morgan fingerprint density at radius 1 is 1.32 bits per heavy atom. The smallest absolute Gasteiger partial charge is 0.155 e. The molecule has 1 heterocycles. The third-order valence-electron chi connectivity index (χ3n) is 3.72. The first kappa shape index (κ1) is 19.1. The number of anilines is 1. The summed E-state index contributed by atoms with van der Waals surface area (Å²) in [5.41, 5.74) is 4.40. The SMILES string of the molecule is C=Nc1cc(OC)c(SC(C)(C)C)cc1C(=C)Nc1n[nH]c(C)c1C. The maximum atomic E-state index is 5.53. The van der Waals surface area contributed by atoms with Crippen LogP contribution in [0.1, 0.15) is 37.6 Å². The van der Waals surface area contributed by atoms with E-state index in [-0.39, 0.29) is 4.75 Å². The van der Waals surface area contributed by atoms with Gasteiger partial charge in [0.25, 0.3) is 0 Å². The monoisotopic (exact) mass is 358 g/mol. The number of benzene rings is 1. The summed E-state index contributed by atoms with van der Waals surface area (Å²) in [5, 5.41) is 10.5. The first-order valence-electron chi connectivity index (χ1n) is 8.02. The number of hydrogen-bond acceptors (Lipinski definition) is 5. The molecule has 0 unspecified atom stereocenters. The minimum absolute atomic E-state index is 0.0539. The van der Waals surface area contributed by atoms with Crippen LogP contribution in [0, 0.1) is 13.8 Å². The molecule has 0 bridgehead atoms. The van der Waals surface area contributed by atoms with Gasteiger partial charge in [0, 0.05) is 33.3 Å². The zero-order valence-electron chi connectivity index (χ0n) is 15.8. The summed E-state index contributed by atoms with van der Waals surface area (Å²) in [7, 11) is 1.66. The minimum Gasteiger partial charge on any atom is -0.496 e. The van der Waals surface area contributed by atoms with Crippen molar-refractivity contribution >= 4 is 35.7 Å². The second-order valence-corrected chi connectivity index (χ2v) is 8.69. The van der Waals surface area contributed by atoms with Crippen molar-refractivity contribution in [3.63, 3.8) is 0 Å². The van der Waals surface area contributed by atoms with Gasteiger partial charge >= 0.3 is 0 Å². The lowest BCUT2D eigenvalue weighted by atomic mass is 10.1. The fourth-order valence-corrected chi connectivity index (χ4v) is 3.39. The predicted molar refractivity (Wildman–Crippen MR) is 109 cm³/mol. The summed E-state index contributed by atoms with van der Waals surface area (Å²) >= 11 is 1.74. The van der Waals surface area contributed by atoms with Gasteiger partial charge in [0.15, 0.2) is 5.82 Å². The number of aromatic nitrogens is 2. The molecule has 0 radical (unpaired) electrons. The Hall–Kier alpha value is -2.21. The van der Waals surface area contributed by atoms with Crippen LogP contribution < -0.4 is 10.1 Å². The van der Waals surface area contributed by atoms with Gasteiger partial charge in [-0.25, -0.2) is 0 Å². The van der Waals surface area contributed by atoms with Crippen LogP contribution in [0.4, 0.5) is 11.5 Å². The minimum atomic E-state index is 0.0539. The largest absolute Gasteiger partial charge is 0.496 e. The lowest BCUT2D eigenvalue weighted by molar-refractivity contribution is 0.404. The Labute approximate surface area is 154 Å². The molecule has 2 rings (SSSR count). The lowest BCUT2D eigenvalue weighted by Gasteiger charge is -2.21. The molecule has 0 amide bonds. The van der Waals surface area contributed by atoms with E-state index in [1.807, 2.05) is 26.0 Å². The van der Waals surface area contributed by atoms with Gasteiger partial charge in [0.2, 0.25) is 0 Å². The topological polar surface area (TPSA) is 62.3 Å². The maximum Gasteiger partial charge on any atom is 0.155 e. The molecule has 0 atom stereocenters. The van der Waals surface area contributed by atoms with Gasteiger partial charge in [-0.1, -0.05) is 27.4 Å². The van der Waals surface area contributed by atoms with E-state index < -0.39 is 0 Å². The van der Waals surface area contributed by atoms with Crippen LogP contribution in [0.25, 0.3) is 5.70 Å². The molecule has 2 N–H and O–H groups in total. The molecule has 2 aromatic rings. The van der Waals surface area contributed by atoms with E-state index in [1.165, 1.54) is 0 Å². The fourth-order valence-electron chi connectivity index (χ4n) is 2.31. The molecule has 1 aromatic carbocycles. The quantitative estimate of drug-likeness (QED) is 0.540. The van der Waals surface area contributed by atoms with Crippen LogP contribution in [0.15, 0.2) is 28.6 Å². The van der Waals surface area contributed by atoms with Crippen molar-refractivity contribution in [3.8, 4) is 5.75 Å². The highest BCUT2D eigenvalue weighted by Gasteiger charge is 2.19. The number of methoxy groups -OCH3 is 1. The fraction of sp³-hybridized carbons (Fsp3) is 0.368. The molecular formula is C19H26N4OS. The zero-order chi connectivity index (χ0) is 18.8. The standard InChI is InChI=1S/C19H26N4OS/c1-11-12(2)22-23-18(11)21-13(3)14-9-17(25-19(4,5)6)16(24-8)10-15(14)20-7/h9-10H,3,7H2,1-2,4-6,8H3,(H2,21,22,23). The van der Waals surface area contributed by atoms with Crippen molar-refractivity contribution in [2.75, 3.05) is 12.4 Å². The number of hydrogen-bond donors (Lipinski definition) is 2. The van der Waals surface area contributed by atoms with Crippen LogP contribution in [-0.4, -0.2) is 28.8 Å². The molecule has 0 saturated heterocycles. The van der Waals surface area contributed by atoms with Crippen molar-refractivity contribution in [1.29, 1.82) is 0 Å². The van der Waals surface area contributed by atoms with Crippen molar-refractivity contribution in [1.82, 2.24) is 10.2 Å². The number of rotatable bonds is 6. The molecular weight excluding hydrogens is 332 g/mol. The molecule has 1 aromatic heterocycles. The van der Waals surface area contributed by atoms with Gasteiger partial charge in [0.05, 0.1) is 17.7 Å². The number of ether oxygens (including phenoxy) is 1. The highest BCUT2D eigenvalue weighted by molar-refractivity contribution is 8.00. The van der Waals surface area contributed by atoms with E-state index in [9.17, 15) is 0 Å². The molecule has 0 fully saturated rings. The number of aliphatic imine (C=N–C) groups is 1. The van der Waals surface area contributed by atoms with Crippen LogP contribution >= 0.6 is 11.8 Å². The van der Waals surface area contributed by atoms with Gasteiger partial charge in [0.1, 0.15) is 5.75 Å². The Bertz CT molecular complexity index is 802. The molecule has 134 valence electrons. The Kier molecular flexibility index (Phi) is 5.62. The number of thioether (sulfide) groups is 1. The molecule has 0 saturated carbocycles. The Morgan fingerprint density at radius 3 is 2.48 bits per heavy atom. The van der Waals surface area contributed by atoms with E-state index in [4.69, 9.17) is 4.74 Å². The summed E-state index contributed by atoms with van der Waals surface area (Å²) in [6.45, 7) is 18.3. The number of nitrogens with zero attached hydrogens (tertiary/aromatic N) is 2. The molecule has 5 nitrogen and oxygen atoms in total. The van der Waals surface area contributed by atoms with Crippen molar-refractivity contribution in [2.45, 2.75) is 44.3 Å². The molecule has 0 aliphatic rings. The van der Waals surface area contributed by atoms with Gasteiger partial charge in [-0.05, 0) is 26.6 Å². The van der Waals surface area contributed by atoms with Gasteiger partial charge in [-0.3, -0.25) is 10.1 Å². The van der Waals surface area contributed by atoms with Crippen molar-refractivity contribution < 1.29 is 4.74 Å². The summed E-state index contributed by atoms with van der Waals surface area (Å²) in [5.74, 6) is 1.55. The number of H-pyrrole nitrogens is 1. The summed E-state index contributed by atoms with van der Waals surface area (Å²) in [6, 6.07) is 3.94. The van der Waals surface area contributed by atoms with Gasteiger partial charge < -0.3 is 10.1 Å². The van der Waals surface area contributed by atoms with Crippen molar-refractivity contribution in [2.24, 2.45) is 4.99 Å². The maximum absolute atomic E-state index is 5.53. The molecule has 6 heteroatoms. The van der Waals surface area contributed by atoms with E-state index in [0.29, 0.717) is 0 Å². The van der Waals surface area contributed by atoms with E-state index in [1.54, 1.807) is 18.9 Å². The van der Waals surface area contributed by atoms with Gasteiger partial charge in [-0.15, -0.1) is 11.8 Å². The highest BCUT2D eigenvalue weighted by Crippen LogP contribution is 2.42. The second-order valence-electron chi connectivity index (χ2n) is 6.82. The molecule has 0 aliphatic heterocycles. The Morgan fingerprint density at radius 2 is 2.00 bits per heavy atom. The third-order valence-corrected chi connectivity index (χ3v) is 4.87. The van der Waals surface area contributed by atoms with E-state index in [0.717, 1.165) is 44.7 Å². The summed E-state index contributed by atoms with van der Waals surface area (Å²) in [6.07, 6.45) is 0. The summed E-state index contributed by atoms with van der Waals surface area (Å²) in [4.78, 5) is 5.18. The number of aryl methyl sites for hydroxylation is 1. The van der Waals surface area contributed by atoms with Gasteiger partial charge in [-0.2, -0.15) is 5.10 Å². The average molecular weight is 359 g/mol. The van der Waals surface area contributed by atoms with Crippen LogP contribution in [0.2, 0.25) is 0 Å². The normalized spacial score (nSPS) is 11.3. The zero-order valence-corrected chi connectivity index (χ0v) is 16.6. The molecule has 0 spiro atoms. The first-order chi connectivity index (χ1) is 11.7. The molecule has 0 aliphatic carbocycles. The van der Waals surface area contributed by atoms with E-state index in [2.05, 4.69) is 54.6 Å². The third kappa shape index (κ3) is 4.45. The van der Waals surface area contributed by atoms with Crippen LogP contribution in [-0.2, 0) is 0 Å². The second kappa shape index (κ2) is 7.35.